The molecule has 1 saturated carbocycles. The van der Waals surface area contributed by atoms with Crippen LogP contribution in [0.5, 0.6) is 0 Å². The van der Waals surface area contributed by atoms with E-state index in [4.69, 9.17) is 4.74 Å². The molecule has 4 aliphatic rings. The Morgan fingerprint density at radius 1 is 0.889 bits per heavy atom. The second-order valence-electron chi connectivity index (χ2n) is 10.5. The summed E-state index contributed by atoms with van der Waals surface area (Å²) in [7, 11) is 2.98. The van der Waals surface area contributed by atoms with Crippen molar-refractivity contribution in [2.45, 2.75) is 33.1 Å². The molecular weight excluding hydrogens is 460 g/mol. The predicted octanol–water partition coefficient (Wildman–Crippen LogP) is 2.23. The monoisotopic (exact) mass is 492 g/mol. The summed E-state index contributed by atoms with van der Waals surface area (Å²) < 4.78 is 5.50. The second-order valence-corrected chi connectivity index (χ2v) is 10.5. The van der Waals surface area contributed by atoms with Gasteiger partial charge in [0.2, 0.25) is 23.6 Å². The first-order valence-corrected chi connectivity index (χ1v) is 12.8. The van der Waals surface area contributed by atoms with E-state index in [0.29, 0.717) is 18.4 Å². The zero-order valence-corrected chi connectivity index (χ0v) is 21.1. The number of esters is 1. The lowest BCUT2D eigenvalue weighted by Gasteiger charge is -2.47. The maximum absolute atomic E-state index is 13.5. The molecule has 0 aromatic heterocycles. The standard InChI is InChI=1S/C28H32N2O6/c1-5-36-28(35)21-16(12-11-15-9-7-6-8-10-15)22-23(27(34)30(4)26(22)33)19-14(2)20-18(13-17(19)21)24(31)29(3)25(20)32/h6-10,14,16,18-20,22-23H,5,11-13H2,1-4H3/t14?,16-,18-,19+,20+,22-,23+/m0/s1. The van der Waals surface area contributed by atoms with Gasteiger partial charge in [-0.05, 0) is 43.6 Å². The van der Waals surface area contributed by atoms with E-state index in [9.17, 15) is 24.0 Å². The van der Waals surface area contributed by atoms with Crippen molar-refractivity contribution in [2.24, 2.45) is 41.4 Å². The number of hydrogen-bond acceptors (Lipinski definition) is 6. The van der Waals surface area contributed by atoms with Crippen molar-refractivity contribution in [3.05, 3.63) is 47.0 Å². The minimum absolute atomic E-state index is 0.175. The molecule has 7 atom stereocenters. The summed E-state index contributed by atoms with van der Waals surface area (Å²) in [6, 6.07) is 9.82. The van der Waals surface area contributed by atoms with Crippen LogP contribution >= 0.6 is 0 Å². The molecule has 1 unspecified atom stereocenters. The molecule has 2 aliphatic heterocycles. The van der Waals surface area contributed by atoms with Gasteiger partial charge in [0.05, 0.1) is 30.3 Å². The van der Waals surface area contributed by atoms with E-state index in [1.165, 1.54) is 23.9 Å². The van der Waals surface area contributed by atoms with Crippen LogP contribution in [-0.4, -0.2) is 60.1 Å². The van der Waals surface area contributed by atoms with Crippen LogP contribution in [0.3, 0.4) is 0 Å². The molecule has 0 radical (unpaired) electrons. The average molecular weight is 493 g/mol. The third-order valence-corrected chi connectivity index (χ3v) is 8.91. The fourth-order valence-corrected chi connectivity index (χ4v) is 7.32. The van der Waals surface area contributed by atoms with E-state index >= 15 is 0 Å². The number of nitrogens with zero attached hydrogens (tertiary/aromatic N) is 2. The molecular formula is C28H32N2O6. The third-order valence-electron chi connectivity index (χ3n) is 8.91. The van der Waals surface area contributed by atoms with Gasteiger partial charge < -0.3 is 4.74 Å². The van der Waals surface area contributed by atoms with E-state index in [-0.39, 0.29) is 42.6 Å². The quantitative estimate of drug-likeness (QED) is 0.462. The van der Waals surface area contributed by atoms with Crippen LogP contribution in [0.2, 0.25) is 0 Å². The molecule has 2 saturated heterocycles. The Morgan fingerprint density at radius 2 is 1.50 bits per heavy atom. The number of rotatable bonds is 5. The molecule has 1 aromatic rings. The number of imide groups is 2. The molecule has 0 bridgehead atoms. The Labute approximate surface area is 210 Å². The molecule has 1 aromatic carbocycles. The zero-order chi connectivity index (χ0) is 25.9. The number of likely N-dealkylation sites (tertiary alicyclic amines) is 2. The van der Waals surface area contributed by atoms with Gasteiger partial charge in [-0.25, -0.2) is 4.79 Å². The second kappa shape index (κ2) is 8.98. The largest absolute Gasteiger partial charge is 0.463 e. The number of fused-ring (bicyclic) bond motifs is 4. The van der Waals surface area contributed by atoms with Crippen LogP contribution in [-0.2, 0) is 35.1 Å². The first-order chi connectivity index (χ1) is 17.2. The smallest absolute Gasteiger partial charge is 0.334 e. The summed E-state index contributed by atoms with van der Waals surface area (Å²) >= 11 is 0. The average Bonchev–Trinajstić information content (AvgIpc) is 3.22. The number of carbonyl (C=O) groups is 5. The topological polar surface area (TPSA) is 101 Å². The maximum atomic E-state index is 13.5. The molecule has 8 heteroatoms. The van der Waals surface area contributed by atoms with E-state index in [1.807, 2.05) is 37.3 Å². The summed E-state index contributed by atoms with van der Waals surface area (Å²) in [6.07, 6.45) is 1.36. The predicted molar refractivity (Wildman–Crippen MR) is 129 cm³/mol. The molecule has 4 amide bonds. The van der Waals surface area contributed by atoms with Gasteiger partial charge in [-0.2, -0.15) is 0 Å². The Bertz CT molecular complexity index is 1170. The van der Waals surface area contributed by atoms with E-state index < -0.39 is 41.5 Å². The highest BCUT2D eigenvalue weighted by Gasteiger charge is 2.64. The molecule has 5 rings (SSSR count). The lowest BCUT2D eigenvalue weighted by Crippen LogP contribution is -2.49. The molecule has 190 valence electrons. The highest BCUT2D eigenvalue weighted by Crippen LogP contribution is 2.58. The van der Waals surface area contributed by atoms with Crippen LogP contribution in [0.1, 0.15) is 32.3 Å². The Hall–Kier alpha value is -3.29. The minimum Gasteiger partial charge on any atom is -0.463 e. The molecule has 36 heavy (non-hydrogen) atoms. The van der Waals surface area contributed by atoms with Crippen molar-refractivity contribution in [2.75, 3.05) is 20.7 Å². The summed E-state index contributed by atoms with van der Waals surface area (Å²) in [5, 5.41) is 0. The van der Waals surface area contributed by atoms with Crippen LogP contribution in [0.4, 0.5) is 0 Å². The Balaban J connectivity index is 1.66. The van der Waals surface area contributed by atoms with Crippen molar-refractivity contribution in [1.82, 2.24) is 9.80 Å². The van der Waals surface area contributed by atoms with E-state index in [2.05, 4.69) is 0 Å². The van der Waals surface area contributed by atoms with Crippen LogP contribution in [0, 0.1) is 41.4 Å². The van der Waals surface area contributed by atoms with Crippen molar-refractivity contribution in [3.8, 4) is 0 Å². The number of amides is 4. The van der Waals surface area contributed by atoms with Crippen molar-refractivity contribution in [1.29, 1.82) is 0 Å². The van der Waals surface area contributed by atoms with Crippen LogP contribution in [0.25, 0.3) is 0 Å². The molecule has 0 N–H and O–H groups in total. The van der Waals surface area contributed by atoms with Crippen LogP contribution < -0.4 is 0 Å². The zero-order valence-electron chi connectivity index (χ0n) is 21.1. The maximum Gasteiger partial charge on any atom is 0.334 e. The fraction of sp³-hybridized carbons (Fsp3) is 0.536. The normalized spacial score (nSPS) is 33.6. The molecule has 0 spiro atoms. The number of carbonyl (C=O) groups excluding carboxylic acids is 5. The summed E-state index contributed by atoms with van der Waals surface area (Å²) in [5.41, 5.74) is 2.25. The number of hydrogen-bond donors (Lipinski definition) is 0. The van der Waals surface area contributed by atoms with Gasteiger partial charge in [0.25, 0.3) is 0 Å². The summed E-state index contributed by atoms with van der Waals surface area (Å²) in [4.78, 5) is 68.8. The first kappa shape index (κ1) is 24.4. The lowest BCUT2D eigenvalue weighted by molar-refractivity contribution is -0.141. The minimum atomic E-state index is -0.691. The molecule has 2 aliphatic carbocycles. The van der Waals surface area contributed by atoms with Gasteiger partial charge in [-0.3, -0.25) is 29.0 Å². The number of benzene rings is 1. The summed E-state index contributed by atoms with van der Waals surface area (Å²) in [6.45, 7) is 3.79. The highest BCUT2D eigenvalue weighted by molar-refractivity contribution is 6.08. The number of allylic oxidation sites excluding steroid dienone is 1. The third kappa shape index (κ3) is 3.44. The van der Waals surface area contributed by atoms with Crippen molar-refractivity contribution in [3.63, 3.8) is 0 Å². The van der Waals surface area contributed by atoms with Crippen molar-refractivity contribution < 1.29 is 28.7 Å². The SMILES string of the molecule is CCOC(=O)C1=C2C[C@@H]3C(=O)N(C)C(=O)[C@@H]3C(C)[C@H]2[C@H]2C(=O)N(C)C(=O)[C@H]2[C@H]1CCc1ccccc1. The lowest BCUT2D eigenvalue weighted by atomic mass is 9.53. The first-order valence-electron chi connectivity index (χ1n) is 12.8. The Kier molecular flexibility index (Phi) is 6.09. The van der Waals surface area contributed by atoms with Gasteiger partial charge in [0.15, 0.2) is 0 Å². The van der Waals surface area contributed by atoms with Gasteiger partial charge in [0.1, 0.15) is 0 Å². The van der Waals surface area contributed by atoms with Gasteiger partial charge in [-0.1, -0.05) is 42.8 Å². The van der Waals surface area contributed by atoms with E-state index in [0.717, 1.165) is 11.1 Å². The molecule has 8 nitrogen and oxygen atoms in total. The number of ether oxygens (including phenoxy) is 1. The van der Waals surface area contributed by atoms with Crippen molar-refractivity contribution >= 4 is 29.6 Å². The van der Waals surface area contributed by atoms with E-state index in [1.54, 1.807) is 6.92 Å². The fourth-order valence-electron chi connectivity index (χ4n) is 7.32. The molecule has 3 fully saturated rings. The highest BCUT2D eigenvalue weighted by atomic mass is 16.5. The van der Waals surface area contributed by atoms with Gasteiger partial charge in [0, 0.05) is 25.6 Å². The number of aryl methyl sites for hydroxylation is 1. The Morgan fingerprint density at radius 3 is 2.17 bits per heavy atom. The van der Waals surface area contributed by atoms with Crippen LogP contribution in [0.15, 0.2) is 41.5 Å². The summed E-state index contributed by atoms with van der Waals surface area (Å²) in [5.74, 6) is -5.34. The molecule has 2 heterocycles. The van der Waals surface area contributed by atoms with Gasteiger partial charge in [-0.15, -0.1) is 0 Å². The van der Waals surface area contributed by atoms with Gasteiger partial charge >= 0.3 is 5.97 Å².